The predicted molar refractivity (Wildman–Crippen MR) is 107 cm³/mol. The molecule has 0 amide bonds. The molecule has 0 spiro atoms. The summed E-state index contributed by atoms with van der Waals surface area (Å²) in [4.78, 5) is 21.9. The zero-order valence-corrected chi connectivity index (χ0v) is 17.5. The van der Waals surface area contributed by atoms with E-state index in [0.29, 0.717) is 12.2 Å². The van der Waals surface area contributed by atoms with Gasteiger partial charge < -0.3 is 8.98 Å². The lowest BCUT2D eigenvalue weighted by molar-refractivity contribution is -0.134. The van der Waals surface area contributed by atoms with Crippen molar-refractivity contribution < 1.29 is 26.7 Å². The van der Waals surface area contributed by atoms with E-state index < -0.39 is 16.4 Å². The zero-order chi connectivity index (χ0) is 20.4. The van der Waals surface area contributed by atoms with E-state index in [9.17, 15) is 18.0 Å². The van der Waals surface area contributed by atoms with Crippen LogP contribution in [-0.4, -0.2) is 24.7 Å². The number of ketones is 1. The van der Waals surface area contributed by atoms with Crippen molar-refractivity contribution in [3.05, 3.63) is 12.2 Å². The molecular formula is C20H36O6S. The Morgan fingerprint density at radius 3 is 1.59 bits per heavy atom. The predicted octanol–water partition coefficient (Wildman–Crippen LogP) is 5.33. The van der Waals surface area contributed by atoms with Crippen LogP contribution >= 0.6 is 0 Å². The van der Waals surface area contributed by atoms with Crippen molar-refractivity contribution >= 4 is 22.2 Å². The smallest absolute Gasteiger partial charge is 0.325 e. The normalized spacial score (nSPS) is 11.8. The molecule has 0 aromatic carbocycles. The lowest BCUT2D eigenvalue weighted by Crippen LogP contribution is -2.11. The molecule has 27 heavy (non-hydrogen) atoms. The molecule has 0 atom stereocenters. The van der Waals surface area contributed by atoms with Crippen LogP contribution in [0.25, 0.3) is 0 Å². The van der Waals surface area contributed by atoms with Gasteiger partial charge in [-0.2, -0.15) is 8.42 Å². The Labute approximate surface area is 164 Å². The van der Waals surface area contributed by atoms with Crippen molar-refractivity contribution in [2.45, 2.75) is 103 Å². The Morgan fingerprint density at radius 2 is 1.15 bits per heavy atom. The molecule has 0 rings (SSSR count). The molecule has 0 saturated heterocycles. The van der Waals surface area contributed by atoms with Gasteiger partial charge in [0.15, 0.2) is 0 Å². The van der Waals surface area contributed by atoms with E-state index in [2.05, 4.69) is 16.3 Å². The number of allylic oxidation sites excluding steroid dienone is 2. The van der Waals surface area contributed by atoms with Gasteiger partial charge in [-0.3, -0.25) is 9.35 Å². The minimum absolute atomic E-state index is 0.0103. The molecule has 7 heteroatoms. The first-order valence-electron chi connectivity index (χ1n) is 10.2. The Balaban J connectivity index is 3.27. The fraction of sp³-hybridized carbons (Fsp3) is 0.800. The topological polar surface area (TPSA) is 97.7 Å². The summed E-state index contributed by atoms with van der Waals surface area (Å²) in [7, 11) is -4.67. The number of hydrogen-bond donors (Lipinski definition) is 1. The van der Waals surface area contributed by atoms with Gasteiger partial charge in [-0.1, -0.05) is 57.1 Å². The Hall–Kier alpha value is -1.21. The van der Waals surface area contributed by atoms with Crippen molar-refractivity contribution in [2.75, 3.05) is 0 Å². The van der Waals surface area contributed by atoms with Crippen LogP contribution in [0, 0.1) is 0 Å². The van der Waals surface area contributed by atoms with Crippen LogP contribution in [0.2, 0.25) is 0 Å². The highest BCUT2D eigenvalue weighted by Crippen LogP contribution is 2.11. The SMILES string of the molecule is CC(=O)CCCCCCCCC=CCCCCCCCC(=O)OS(=O)(=O)O. The summed E-state index contributed by atoms with van der Waals surface area (Å²) in [5, 5.41) is 0. The van der Waals surface area contributed by atoms with Gasteiger partial charge in [0.05, 0.1) is 0 Å². The van der Waals surface area contributed by atoms with E-state index in [1.165, 1.54) is 25.7 Å². The minimum atomic E-state index is -4.67. The second-order valence-corrected chi connectivity index (χ2v) is 8.05. The molecule has 0 unspecified atom stereocenters. The maximum Gasteiger partial charge on any atom is 0.448 e. The molecule has 0 aliphatic rings. The third-order valence-electron chi connectivity index (χ3n) is 4.27. The van der Waals surface area contributed by atoms with Gasteiger partial charge in [-0.25, -0.2) is 0 Å². The highest BCUT2D eigenvalue weighted by molar-refractivity contribution is 7.81. The number of Topliss-reactive ketones (excluding diaryl/α,β-unsaturated/α-hetero) is 1. The maximum absolute atomic E-state index is 11.0. The van der Waals surface area contributed by atoms with Crippen LogP contribution in [0.1, 0.15) is 103 Å². The van der Waals surface area contributed by atoms with Crippen LogP contribution < -0.4 is 0 Å². The van der Waals surface area contributed by atoms with Gasteiger partial charge in [0.1, 0.15) is 5.78 Å². The third kappa shape index (κ3) is 22.7. The highest BCUT2D eigenvalue weighted by atomic mass is 32.3. The summed E-state index contributed by atoms with van der Waals surface area (Å²) in [6, 6.07) is 0. The van der Waals surface area contributed by atoms with Crippen LogP contribution in [-0.2, 0) is 24.2 Å². The van der Waals surface area contributed by atoms with Crippen molar-refractivity contribution in [2.24, 2.45) is 0 Å². The molecule has 0 fully saturated rings. The Morgan fingerprint density at radius 1 is 0.741 bits per heavy atom. The second kappa shape index (κ2) is 16.9. The van der Waals surface area contributed by atoms with Crippen LogP contribution in [0.5, 0.6) is 0 Å². The number of carbonyl (C=O) groups is 2. The fourth-order valence-corrected chi connectivity index (χ4v) is 3.12. The summed E-state index contributed by atoms with van der Waals surface area (Å²) in [6.45, 7) is 1.65. The second-order valence-electron chi connectivity index (χ2n) is 7.02. The first-order chi connectivity index (χ1) is 12.8. The average Bonchev–Trinajstić information content (AvgIpc) is 2.55. The molecule has 1 N–H and O–H groups in total. The Kier molecular flexibility index (Phi) is 16.2. The molecule has 0 saturated carbocycles. The zero-order valence-electron chi connectivity index (χ0n) is 16.7. The maximum atomic E-state index is 11.0. The summed E-state index contributed by atoms with van der Waals surface area (Å²) in [5.41, 5.74) is 0. The van der Waals surface area contributed by atoms with Gasteiger partial charge in [0, 0.05) is 12.8 Å². The monoisotopic (exact) mass is 404 g/mol. The first kappa shape index (κ1) is 25.8. The number of unbranched alkanes of at least 4 members (excludes halogenated alkanes) is 11. The van der Waals surface area contributed by atoms with Crippen molar-refractivity contribution in [3.63, 3.8) is 0 Å². The lowest BCUT2D eigenvalue weighted by atomic mass is 10.1. The molecule has 0 heterocycles. The average molecular weight is 405 g/mol. The molecule has 0 aliphatic carbocycles. The summed E-state index contributed by atoms with van der Waals surface area (Å²) < 4.78 is 32.8. The van der Waals surface area contributed by atoms with Gasteiger partial charge in [0.2, 0.25) is 0 Å². The van der Waals surface area contributed by atoms with E-state index in [1.807, 2.05) is 0 Å². The quantitative estimate of drug-likeness (QED) is 0.188. The summed E-state index contributed by atoms with van der Waals surface area (Å²) >= 11 is 0. The third-order valence-corrected chi connectivity index (χ3v) is 4.66. The number of carbonyl (C=O) groups excluding carboxylic acids is 2. The fourth-order valence-electron chi connectivity index (χ4n) is 2.80. The first-order valence-corrected chi connectivity index (χ1v) is 11.5. The summed E-state index contributed by atoms with van der Waals surface area (Å²) in [6.07, 6.45) is 19.2. The van der Waals surface area contributed by atoms with Gasteiger partial charge >= 0.3 is 16.4 Å². The highest BCUT2D eigenvalue weighted by Gasteiger charge is 2.12. The standard InChI is InChI=1S/C20H36O6S/c1-19(21)17-15-13-11-9-7-5-3-2-4-6-8-10-12-14-16-18-20(22)26-27(23,24)25/h2,4H,3,5-18H2,1H3,(H,23,24,25). The molecule has 0 radical (unpaired) electrons. The van der Waals surface area contributed by atoms with E-state index in [1.54, 1.807) is 6.92 Å². The Bertz CT molecular complexity index is 525. The molecule has 0 aromatic rings. The number of rotatable bonds is 18. The van der Waals surface area contributed by atoms with Gasteiger partial charge in [0.25, 0.3) is 0 Å². The van der Waals surface area contributed by atoms with Crippen molar-refractivity contribution in [3.8, 4) is 0 Å². The summed E-state index contributed by atoms with van der Waals surface area (Å²) in [5.74, 6) is -0.614. The van der Waals surface area contributed by atoms with Crippen LogP contribution in [0.15, 0.2) is 12.2 Å². The van der Waals surface area contributed by atoms with E-state index in [4.69, 9.17) is 4.55 Å². The lowest BCUT2D eigenvalue weighted by Gasteiger charge is -2.01. The van der Waals surface area contributed by atoms with Crippen LogP contribution in [0.3, 0.4) is 0 Å². The van der Waals surface area contributed by atoms with Crippen molar-refractivity contribution in [1.82, 2.24) is 0 Å². The molecule has 0 aromatic heterocycles. The van der Waals surface area contributed by atoms with Gasteiger partial charge in [-0.15, -0.1) is 0 Å². The number of hydrogen-bond acceptors (Lipinski definition) is 5. The van der Waals surface area contributed by atoms with Crippen molar-refractivity contribution in [1.29, 1.82) is 0 Å². The van der Waals surface area contributed by atoms with Gasteiger partial charge in [-0.05, 0) is 45.4 Å². The minimum Gasteiger partial charge on any atom is -0.325 e. The van der Waals surface area contributed by atoms with E-state index in [-0.39, 0.29) is 6.42 Å². The molecular weight excluding hydrogens is 368 g/mol. The van der Waals surface area contributed by atoms with E-state index >= 15 is 0 Å². The van der Waals surface area contributed by atoms with E-state index in [0.717, 1.165) is 57.8 Å². The molecule has 0 aliphatic heterocycles. The van der Waals surface area contributed by atoms with Crippen LogP contribution in [0.4, 0.5) is 0 Å². The molecule has 0 bridgehead atoms. The molecule has 158 valence electrons. The largest absolute Gasteiger partial charge is 0.448 e. The molecule has 6 nitrogen and oxygen atoms in total.